The van der Waals surface area contributed by atoms with E-state index in [0.29, 0.717) is 19.4 Å². The van der Waals surface area contributed by atoms with Crippen molar-refractivity contribution in [2.24, 2.45) is 5.92 Å². The zero-order valence-electron chi connectivity index (χ0n) is 16.2. The predicted octanol–water partition coefficient (Wildman–Crippen LogP) is 4.28. The monoisotopic (exact) mass is 365 g/mol. The highest BCUT2D eigenvalue weighted by Crippen LogP contribution is 2.45. The second kappa shape index (κ2) is 8.38. The van der Waals surface area contributed by atoms with Crippen LogP contribution in [0.1, 0.15) is 50.7 Å². The highest BCUT2D eigenvalue weighted by Gasteiger charge is 2.31. The van der Waals surface area contributed by atoms with E-state index in [1.807, 2.05) is 38.1 Å². The molecular formula is C23H27NO3. The Kier molecular flexibility index (Phi) is 5.94. The molecule has 1 amide bonds. The molecule has 0 aliphatic heterocycles. The molecule has 0 saturated carbocycles. The van der Waals surface area contributed by atoms with E-state index in [1.165, 1.54) is 22.3 Å². The Balaban J connectivity index is 1.78. The highest BCUT2D eigenvalue weighted by molar-refractivity contribution is 5.87. The lowest BCUT2D eigenvalue weighted by molar-refractivity contribution is -0.147. The van der Waals surface area contributed by atoms with Gasteiger partial charge in [-0.15, -0.1) is 0 Å². The third-order valence-electron chi connectivity index (χ3n) is 4.97. The number of nitrogens with one attached hydrogen (secondary N) is 1. The molecule has 1 N–H and O–H groups in total. The van der Waals surface area contributed by atoms with Crippen LogP contribution < -0.4 is 5.32 Å². The predicted molar refractivity (Wildman–Crippen MR) is 106 cm³/mol. The number of carbonyl (C=O) groups is 2. The molecule has 4 heteroatoms. The van der Waals surface area contributed by atoms with Crippen LogP contribution in [0.4, 0.5) is 0 Å². The number of esters is 1. The molecular weight excluding hydrogens is 338 g/mol. The summed E-state index contributed by atoms with van der Waals surface area (Å²) in [6, 6.07) is 15.9. The molecule has 0 aromatic heterocycles. The van der Waals surface area contributed by atoms with Gasteiger partial charge in [0.15, 0.2) is 0 Å². The molecule has 0 bridgehead atoms. The Morgan fingerprint density at radius 2 is 1.56 bits per heavy atom. The van der Waals surface area contributed by atoms with Crippen LogP contribution in [-0.2, 0) is 14.3 Å². The van der Waals surface area contributed by atoms with Gasteiger partial charge in [-0.2, -0.15) is 0 Å². The van der Waals surface area contributed by atoms with E-state index in [1.54, 1.807) is 6.92 Å². The minimum atomic E-state index is -0.593. The van der Waals surface area contributed by atoms with Crippen LogP contribution >= 0.6 is 0 Å². The van der Waals surface area contributed by atoms with Crippen molar-refractivity contribution < 1.29 is 14.3 Å². The minimum absolute atomic E-state index is 0.0132. The SMILES string of the molecule is CCOC(=O)[C@H](CC(C)C)NC(=O)CC1c2ccccc2-c2ccccc21. The van der Waals surface area contributed by atoms with Gasteiger partial charge in [0.05, 0.1) is 6.61 Å². The van der Waals surface area contributed by atoms with Gasteiger partial charge in [-0.3, -0.25) is 4.79 Å². The number of carbonyl (C=O) groups excluding carboxylic acids is 2. The van der Waals surface area contributed by atoms with E-state index in [2.05, 4.69) is 29.6 Å². The van der Waals surface area contributed by atoms with Crippen molar-refractivity contribution in [3.63, 3.8) is 0 Å². The van der Waals surface area contributed by atoms with Crippen molar-refractivity contribution in [2.45, 2.75) is 45.6 Å². The summed E-state index contributed by atoms with van der Waals surface area (Å²) in [7, 11) is 0. The molecule has 0 fully saturated rings. The Hall–Kier alpha value is -2.62. The van der Waals surface area contributed by atoms with E-state index in [0.717, 1.165) is 0 Å². The molecule has 27 heavy (non-hydrogen) atoms. The number of hydrogen-bond donors (Lipinski definition) is 1. The second-order valence-electron chi connectivity index (χ2n) is 7.43. The van der Waals surface area contributed by atoms with E-state index >= 15 is 0 Å². The number of ether oxygens (including phenoxy) is 1. The quantitative estimate of drug-likeness (QED) is 0.745. The fourth-order valence-corrected chi connectivity index (χ4v) is 3.85. The average molecular weight is 365 g/mol. The molecule has 2 aromatic rings. The molecule has 3 rings (SSSR count). The van der Waals surface area contributed by atoms with Gasteiger partial charge in [-0.25, -0.2) is 4.79 Å². The van der Waals surface area contributed by atoms with Gasteiger partial charge in [-0.1, -0.05) is 62.4 Å². The molecule has 0 saturated heterocycles. The zero-order chi connectivity index (χ0) is 19.4. The van der Waals surface area contributed by atoms with Crippen LogP contribution in [0.25, 0.3) is 11.1 Å². The molecule has 4 nitrogen and oxygen atoms in total. The standard InChI is InChI=1S/C23H27NO3/c1-4-27-23(26)21(13-15(2)3)24-22(25)14-20-18-11-7-5-9-16(18)17-10-6-8-12-19(17)20/h5-12,15,20-21H,4,13-14H2,1-3H3,(H,24,25)/t21-/m0/s1. The van der Waals surface area contributed by atoms with Crippen LogP contribution in [0.3, 0.4) is 0 Å². The molecule has 1 aliphatic carbocycles. The summed E-state index contributed by atoms with van der Waals surface area (Å²) >= 11 is 0. The summed E-state index contributed by atoms with van der Waals surface area (Å²) in [6.45, 7) is 6.15. The van der Waals surface area contributed by atoms with Gasteiger partial charge in [-0.05, 0) is 41.5 Å². The van der Waals surface area contributed by atoms with Gasteiger partial charge >= 0.3 is 5.97 Å². The van der Waals surface area contributed by atoms with Crippen LogP contribution in [0.5, 0.6) is 0 Å². The van der Waals surface area contributed by atoms with Gasteiger partial charge in [0.2, 0.25) is 5.91 Å². The van der Waals surface area contributed by atoms with Gasteiger partial charge in [0.25, 0.3) is 0 Å². The third-order valence-corrected chi connectivity index (χ3v) is 4.97. The Morgan fingerprint density at radius 1 is 1.00 bits per heavy atom. The fourth-order valence-electron chi connectivity index (χ4n) is 3.85. The number of amides is 1. The van der Waals surface area contributed by atoms with Crippen LogP contribution in [0.15, 0.2) is 48.5 Å². The number of rotatable bonds is 7. The summed E-state index contributed by atoms with van der Waals surface area (Å²) in [5, 5.41) is 2.91. The summed E-state index contributed by atoms with van der Waals surface area (Å²) in [6.07, 6.45) is 0.893. The molecule has 0 heterocycles. The largest absolute Gasteiger partial charge is 0.464 e. The molecule has 0 radical (unpaired) electrons. The normalized spacial score (nSPS) is 13.8. The van der Waals surface area contributed by atoms with Crippen LogP contribution in [-0.4, -0.2) is 24.5 Å². The molecule has 142 valence electrons. The highest BCUT2D eigenvalue weighted by atomic mass is 16.5. The topological polar surface area (TPSA) is 55.4 Å². The average Bonchev–Trinajstić information content (AvgIpc) is 2.95. The first-order chi connectivity index (χ1) is 13.0. The number of hydrogen-bond acceptors (Lipinski definition) is 3. The number of benzene rings is 2. The molecule has 1 atom stereocenters. The molecule has 1 aliphatic rings. The number of fused-ring (bicyclic) bond motifs is 3. The Bertz CT molecular complexity index is 782. The Morgan fingerprint density at radius 3 is 2.07 bits per heavy atom. The first-order valence-corrected chi connectivity index (χ1v) is 9.65. The first-order valence-electron chi connectivity index (χ1n) is 9.65. The molecule has 0 spiro atoms. The van der Waals surface area contributed by atoms with Crippen LogP contribution in [0.2, 0.25) is 0 Å². The Labute approximate surface area is 160 Å². The van der Waals surface area contributed by atoms with E-state index < -0.39 is 6.04 Å². The van der Waals surface area contributed by atoms with E-state index in [-0.39, 0.29) is 23.7 Å². The zero-order valence-corrected chi connectivity index (χ0v) is 16.2. The minimum Gasteiger partial charge on any atom is -0.464 e. The van der Waals surface area contributed by atoms with E-state index in [4.69, 9.17) is 4.74 Å². The van der Waals surface area contributed by atoms with Crippen molar-refractivity contribution in [1.29, 1.82) is 0 Å². The maximum Gasteiger partial charge on any atom is 0.328 e. The second-order valence-corrected chi connectivity index (χ2v) is 7.43. The fraction of sp³-hybridized carbons (Fsp3) is 0.391. The van der Waals surface area contributed by atoms with Crippen molar-refractivity contribution in [1.82, 2.24) is 5.32 Å². The maximum atomic E-state index is 12.8. The third kappa shape index (κ3) is 4.21. The molecule has 0 unspecified atom stereocenters. The lowest BCUT2D eigenvalue weighted by Gasteiger charge is -2.20. The summed E-state index contributed by atoms with van der Waals surface area (Å²) in [5.74, 6) is -0.177. The lowest BCUT2D eigenvalue weighted by atomic mass is 9.93. The van der Waals surface area contributed by atoms with Crippen molar-refractivity contribution in [3.8, 4) is 11.1 Å². The molecule has 2 aromatic carbocycles. The summed E-state index contributed by atoms with van der Waals surface area (Å²) in [5.41, 5.74) is 4.72. The smallest absolute Gasteiger partial charge is 0.328 e. The van der Waals surface area contributed by atoms with Crippen molar-refractivity contribution in [2.75, 3.05) is 6.61 Å². The van der Waals surface area contributed by atoms with Gasteiger partial charge in [0, 0.05) is 12.3 Å². The maximum absolute atomic E-state index is 12.8. The first kappa shape index (κ1) is 19.2. The van der Waals surface area contributed by atoms with Crippen molar-refractivity contribution >= 4 is 11.9 Å². The van der Waals surface area contributed by atoms with Crippen LogP contribution in [0, 0.1) is 5.92 Å². The van der Waals surface area contributed by atoms with Crippen molar-refractivity contribution in [3.05, 3.63) is 59.7 Å². The van der Waals surface area contributed by atoms with Gasteiger partial charge in [0.1, 0.15) is 6.04 Å². The summed E-state index contributed by atoms with van der Waals surface area (Å²) < 4.78 is 5.13. The van der Waals surface area contributed by atoms with Gasteiger partial charge < -0.3 is 10.1 Å². The summed E-state index contributed by atoms with van der Waals surface area (Å²) in [4.78, 5) is 25.0. The lowest BCUT2D eigenvalue weighted by Crippen LogP contribution is -2.43. The van der Waals surface area contributed by atoms with E-state index in [9.17, 15) is 9.59 Å².